The van der Waals surface area contributed by atoms with Crippen LogP contribution in [0.1, 0.15) is 15.9 Å². The van der Waals surface area contributed by atoms with Crippen LogP contribution >= 0.6 is 0 Å². The van der Waals surface area contributed by atoms with E-state index >= 15 is 0 Å². The molecule has 4 heteroatoms. The van der Waals surface area contributed by atoms with Crippen LogP contribution in [-0.2, 0) is 0 Å². The van der Waals surface area contributed by atoms with Gasteiger partial charge in [0.05, 0.1) is 12.7 Å². The monoisotopic (exact) mass is 253 g/mol. The highest BCUT2D eigenvalue weighted by Crippen LogP contribution is 2.28. The van der Waals surface area contributed by atoms with Crippen molar-refractivity contribution in [2.24, 2.45) is 0 Å². The van der Waals surface area contributed by atoms with Crippen LogP contribution in [-0.4, -0.2) is 23.2 Å². The van der Waals surface area contributed by atoms with Crippen molar-refractivity contribution >= 4 is 5.97 Å². The normalized spacial score (nSPS) is 9.68. The number of aromatic carboxylic acids is 1. The summed E-state index contributed by atoms with van der Waals surface area (Å²) in [5, 5.41) is 9.28. The molecule has 0 atom stereocenters. The topological polar surface area (TPSA) is 59.4 Å². The van der Waals surface area contributed by atoms with Crippen LogP contribution in [0.4, 0.5) is 0 Å². The molecule has 0 unspecified atom stereocenters. The lowest BCUT2D eigenvalue weighted by molar-refractivity contribution is 0.0697. The zero-order valence-corrected chi connectivity index (χ0v) is 10.3. The van der Waals surface area contributed by atoms with Crippen LogP contribution in [0, 0.1) is 12.3 Å². The van der Waals surface area contributed by atoms with Gasteiger partial charge in [0.1, 0.15) is 0 Å². The number of nitrogens with zero attached hydrogens (tertiary/aromatic N) is 1. The van der Waals surface area contributed by atoms with E-state index in [0.29, 0.717) is 16.7 Å². The average molecular weight is 253 g/mol. The van der Waals surface area contributed by atoms with Crippen molar-refractivity contribution in [1.82, 2.24) is 4.98 Å². The van der Waals surface area contributed by atoms with E-state index in [0.717, 1.165) is 0 Å². The number of rotatable bonds is 3. The predicted octanol–water partition coefficient (Wildman–Crippen LogP) is 2.44. The van der Waals surface area contributed by atoms with Crippen LogP contribution in [0.3, 0.4) is 0 Å². The number of carbonyl (C=O) groups is 1. The lowest BCUT2D eigenvalue weighted by Gasteiger charge is -2.09. The molecule has 0 fully saturated rings. The third-order valence-electron chi connectivity index (χ3n) is 2.69. The van der Waals surface area contributed by atoms with Gasteiger partial charge < -0.3 is 9.84 Å². The second-order valence-electron chi connectivity index (χ2n) is 3.77. The molecule has 2 rings (SSSR count). The van der Waals surface area contributed by atoms with Gasteiger partial charge in [-0.05, 0) is 11.6 Å². The maximum absolute atomic E-state index is 11.3. The number of carboxylic acid groups (broad SMARTS) is 1. The van der Waals surface area contributed by atoms with E-state index in [1.807, 2.05) is 0 Å². The van der Waals surface area contributed by atoms with Crippen molar-refractivity contribution in [1.29, 1.82) is 0 Å². The van der Waals surface area contributed by atoms with Crippen LogP contribution in [0.15, 0.2) is 36.5 Å². The van der Waals surface area contributed by atoms with Crippen LogP contribution in [0.5, 0.6) is 5.88 Å². The SMILES string of the molecule is C#Cc1ccccc1-c1cnc(OC)cc1C(=O)O. The summed E-state index contributed by atoms with van der Waals surface area (Å²) in [7, 11) is 1.43. The van der Waals surface area contributed by atoms with E-state index in [-0.39, 0.29) is 11.4 Å². The Morgan fingerprint density at radius 1 is 1.37 bits per heavy atom. The summed E-state index contributed by atoms with van der Waals surface area (Å²) < 4.78 is 4.94. The number of carboxylic acids is 1. The van der Waals surface area contributed by atoms with E-state index in [9.17, 15) is 9.90 Å². The predicted molar refractivity (Wildman–Crippen MR) is 71.1 cm³/mol. The van der Waals surface area contributed by atoms with Crippen molar-refractivity contribution in [3.63, 3.8) is 0 Å². The fourth-order valence-electron chi connectivity index (χ4n) is 1.78. The molecular weight excluding hydrogens is 242 g/mol. The highest BCUT2D eigenvalue weighted by atomic mass is 16.5. The van der Waals surface area contributed by atoms with Gasteiger partial charge in [0.15, 0.2) is 0 Å². The second kappa shape index (κ2) is 5.23. The Morgan fingerprint density at radius 3 is 2.74 bits per heavy atom. The summed E-state index contributed by atoms with van der Waals surface area (Å²) >= 11 is 0. The average Bonchev–Trinajstić information content (AvgIpc) is 2.46. The second-order valence-corrected chi connectivity index (χ2v) is 3.77. The summed E-state index contributed by atoms with van der Waals surface area (Å²) in [6.07, 6.45) is 6.88. The quantitative estimate of drug-likeness (QED) is 0.853. The minimum absolute atomic E-state index is 0.106. The highest BCUT2D eigenvalue weighted by molar-refractivity contribution is 5.97. The first-order valence-corrected chi connectivity index (χ1v) is 5.50. The number of terminal acetylenes is 1. The van der Waals surface area contributed by atoms with Gasteiger partial charge in [-0.2, -0.15) is 0 Å². The zero-order chi connectivity index (χ0) is 13.8. The zero-order valence-electron chi connectivity index (χ0n) is 10.3. The van der Waals surface area contributed by atoms with Gasteiger partial charge >= 0.3 is 5.97 Å². The van der Waals surface area contributed by atoms with E-state index in [2.05, 4.69) is 10.9 Å². The van der Waals surface area contributed by atoms with E-state index in [1.165, 1.54) is 19.4 Å². The molecule has 0 spiro atoms. The van der Waals surface area contributed by atoms with Gasteiger partial charge in [0, 0.05) is 23.4 Å². The Balaban J connectivity index is 2.69. The van der Waals surface area contributed by atoms with Gasteiger partial charge in [-0.3, -0.25) is 0 Å². The molecule has 0 saturated heterocycles. The molecule has 19 heavy (non-hydrogen) atoms. The summed E-state index contributed by atoms with van der Waals surface area (Å²) in [6, 6.07) is 8.50. The number of hydrogen-bond acceptors (Lipinski definition) is 3. The molecule has 1 aromatic heterocycles. The molecule has 1 N–H and O–H groups in total. The first-order valence-electron chi connectivity index (χ1n) is 5.50. The fourth-order valence-corrected chi connectivity index (χ4v) is 1.78. The Bertz CT molecular complexity index is 671. The molecule has 94 valence electrons. The number of benzene rings is 1. The fraction of sp³-hybridized carbons (Fsp3) is 0.0667. The molecule has 0 aliphatic carbocycles. The molecule has 0 aliphatic rings. The standard InChI is InChI=1S/C15H11NO3/c1-3-10-6-4-5-7-11(10)13-9-16-14(19-2)8-12(13)15(17)18/h1,4-9H,2H3,(H,17,18). The van der Waals surface area contributed by atoms with E-state index in [4.69, 9.17) is 11.2 Å². The Labute approximate surface area is 110 Å². The minimum atomic E-state index is -1.05. The van der Waals surface area contributed by atoms with Crippen molar-refractivity contribution < 1.29 is 14.6 Å². The minimum Gasteiger partial charge on any atom is -0.481 e. The molecular formula is C15H11NO3. The van der Waals surface area contributed by atoms with Crippen molar-refractivity contribution in [2.75, 3.05) is 7.11 Å². The van der Waals surface area contributed by atoms with Crippen molar-refractivity contribution in [2.45, 2.75) is 0 Å². The van der Waals surface area contributed by atoms with Crippen LogP contribution in [0.2, 0.25) is 0 Å². The summed E-state index contributed by atoms with van der Waals surface area (Å²) in [4.78, 5) is 15.4. The highest BCUT2D eigenvalue weighted by Gasteiger charge is 2.15. The van der Waals surface area contributed by atoms with Crippen molar-refractivity contribution in [3.05, 3.63) is 47.7 Å². The molecule has 1 heterocycles. The molecule has 0 saturated carbocycles. The van der Waals surface area contributed by atoms with Gasteiger partial charge in [-0.25, -0.2) is 9.78 Å². The third kappa shape index (κ3) is 2.40. The summed E-state index contributed by atoms with van der Waals surface area (Å²) in [6.45, 7) is 0. The number of pyridine rings is 1. The van der Waals surface area contributed by atoms with Crippen LogP contribution < -0.4 is 4.74 Å². The Kier molecular flexibility index (Phi) is 3.48. The molecule has 0 aliphatic heterocycles. The maximum Gasteiger partial charge on any atom is 0.336 e. The Morgan fingerprint density at radius 2 is 2.11 bits per heavy atom. The van der Waals surface area contributed by atoms with E-state index < -0.39 is 5.97 Å². The molecule has 2 aromatic rings. The van der Waals surface area contributed by atoms with Crippen LogP contribution in [0.25, 0.3) is 11.1 Å². The number of hydrogen-bond donors (Lipinski definition) is 1. The lowest BCUT2D eigenvalue weighted by atomic mass is 9.97. The first kappa shape index (κ1) is 12.7. The third-order valence-corrected chi connectivity index (χ3v) is 2.69. The molecule has 0 bridgehead atoms. The number of ether oxygens (including phenoxy) is 1. The number of methoxy groups -OCH3 is 1. The van der Waals surface area contributed by atoms with Crippen molar-refractivity contribution in [3.8, 4) is 29.4 Å². The smallest absolute Gasteiger partial charge is 0.336 e. The lowest BCUT2D eigenvalue weighted by Crippen LogP contribution is -2.02. The summed E-state index contributed by atoms with van der Waals surface area (Å²) in [5.41, 5.74) is 1.87. The van der Waals surface area contributed by atoms with Gasteiger partial charge in [0.2, 0.25) is 5.88 Å². The maximum atomic E-state index is 11.3. The molecule has 4 nitrogen and oxygen atoms in total. The molecule has 0 amide bonds. The van der Waals surface area contributed by atoms with E-state index in [1.54, 1.807) is 24.3 Å². The van der Waals surface area contributed by atoms with Gasteiger partial charge in [-0.1, -0.05) is 24.1 Å². The summed E-state index contributed by atoms with van der Waals surface area (Å²) in [5.74, 6) is 1.73. The largest absolute Gasteiger partial charge is 0.481 e. The Hall–Kier alpha value is -2.80. The molecule has 0 radical (unpaired) electrons. The number of aromatic nitrogens is 1. The van der Waals surface area contributed by atoms with Gasteiger partial charge in [0.25, 0.3) is 0 Å². The van der Waals surface area contributed by atoms with Gasteiger partial charge in [-0.15, -0.1) is 6.42 Å². The first-order chi connectivity index (χ1) is 9.17. The molecule has 1 aromatic carbocycles.